The summed E-state index contributed by atoms with van der Waals surface area (Å²) in [5, 5.41) is 0. The zero-order valence-corrected chi connectivity index (χ0v) is 14.1. The molecule has 2 aliphatic rings. The molecule has 1 aliphatic heterocycles. The summed E-state index contributed by atoms with van der Waals surface area (Å²) in [6, 6.07) is 9.60. The fourth-order valence-corrected chi connectivity index (χ4v) is 3.66. The van der Waals surface area contributed by atoms with Gasteiger partial charge in [-0.25, -0.2) is 9.69 Å². The quantitative estimate of drug-likeness (QED) is 0.367. The van der Waals surface area contributed by atoms with Crippen molar-refractivity contribution in [2.24, 2.45) is 17.8 Å². The summed E-state index contributed by atoms with van der Waals surface area (Å²) in [4.78, 5) is 39.2. The zero-order chi connectivity index (χ0) is 18.3. The molecule has 3 atom stereocenters. The van der Waals surface area contributed by atoms with Crippen molar-refractivity contribution in [2.45, 2.75) is 13.3 Å². The summed E-state index contributed by atoms with van der Waals surface area (Å²) in [5.74, 6) is -1.74. The number of amides is 2. The van der Waals surface area contributed by atoms with Gasteiger partial charge < -0.3 is 9.15 Å². The third-order valence-corrected chi connectivity index (χ3v) is 4.90. The largest absolute Gasteiger partial charge is 0.457 e. The number of carbonyl (C=O) groups is 3. The van der Waals surface area contributed by atoms with Crippen LogP contribution in [0.1, 0.15) is 23.9 Å². The van der Waals surface area contributed by atoms with E-state index in [1.807, 2.05) is 19.1 Å². The van der Waals surface area contributed by atoms with Crippen LogP contribution in [0.15, 0.2) is 59.2 Å². The molecule has 1 aromatic heterocycles. The average molecular weight is 351 g/mol. The molecule has 6 heteroatoms. The monoisotopic (exact) mass is 351 g/mol. The maximum Gasteiger partial charge on any atom is 0.379 e. The van der Waals surface area contributed by atoms with Gasteiger partial charge in [-0.05, 0) is 36.6 Å². The summed E-state index contributed by atoms with van der Waals surface area (Å²) in [6.07, 6.45) is 5.83. The number of allylic oxidation sites excluding steroid dienone is 2. The van der Waals surface area contributed by atoms with Crippen molar-refractivity contribution in [3.8, 4) is 5.75 Å². The van der Waals surface area contributed by atoms with Crippen LogP contribution in [0.2, 0.25) is 0 Å². The Morgan fingerprint density at radius 1 is 1.15 bits per heavy atom. The summed E-state index contributed by atoms with van der Waals surface area (Å²) in [5.41, 5.74) is 0.281. The van der Waals surface area contributed by atoms with Gasteiger partial charge in [0, 0.05) is 0 Å². The van der Waals surface area contributed by atoms with Crippen LogP contribution in [0.5, 0.6) is 5.75 Å². The van der Waals surface area contributed by atoms with Gasteiger partial charge in [0.2, 0.25) is 17.6 Å². The van der Waals surface area contributed by atoms with E-state index >= 15 is 0 Å². The van der Waals surface area contributed by atoms with Crippen LogP contribution < -0.4 is 9.64 Å². The first-order chi connectivity index (χ1) is 12.6. The number of imide groups is 1. The fourth-order valence-electron chi connectivity index (χ4n) is 3.66. The van der Waals surface area contributed by atoms with Gasteiger partial charge in [-0.1, -0.05) is 31.2 Å². The molecule has 1 fully saturated rings. The van der Waals surface area contributed by atoms with Crippen molar-refractivity contribution in [1.29, 1.82) is 0 Å². The molecule has 132 valence electrons. The Morgan fingerprint density at radius 3 is 2.69 bits per heavy atom. The van der Waals surface area contributed by atoms with E-state index in [1.54, 1.807) is 30.3 Å². The summed E-state index contributed by atoms with van der Waals surface area (Å²) in [6.45, 7) is 1.94. The van der Waals surface area contributed by atoms with Gasteiger partial charge in [0.15, 0.2) is 5.75 Å². The number of nitrogens with zero attached hydrogens (tertiary/aromatic N) is 1. The van der Waals surface area contributed by atoms with Crippen molar-refractivity contribution >= 4 is 23.5 Å². The second kappa shape index (κ2) is 6.29. The number of hydrogen-bond donors (Lipinski definition) is 0. The van der Waals surface area contributed by atoms with E-state index in [0.717, 1.165) is 4.90 Å². The second-order valence-electron chi connectivity index (χ2n) is 6.50. The minimum absolute atomic E-state index is 0.00645. The van der Waals surface area contributed by atoms with Gasteiger partial charge in [0.25, 0.3) is 0 Å². The number of benzene rings is 1. The zero-order valence-electron chi connectivity index (χ0n) is 14.1. The summed E-state index contributed by atoms with van der Waals surface area (Å²) in [7, 11) is 0. The lowest BCUT2D eigenvalue weighted by Crippen LogP contribution is -2.32. The van der Waals surface area contributed by atoms with Crippen molar-refractivity contribution in [2.75, 3.05) is 4.90 Å². The van der Waals surface area contributed by atoms with Gasteiger partial charge in [-0.15, -0.1) is 0 Å². The Hall–Kier alpha value is -3.15. The fraction of sp³-hybridized carbons (Fsp3) is 0.250. The van der Waals surface area contributed by atoms with Crippen LogP contribution >= 0.6 is 0 Å². The molecule has 0 spiro atoms. The Morgan fingerprint density at radius 2 is 1.96 bits per heavy atom. The summed E-state index contributed by atoms with van der Waals surface area (Å²) < 4.78 is 10.4. The third kappa shape index (κ3) is 2.54. The van der Waals surface area contributed by atoms with E-state index in [-0.39, 0.29) is 46.8 Å². The van der Waals surface area contributed by atoms with E-state index in [0.29, 0.717) is 6.42 Å². The highest BCUT2D eigenvalue weighted by atomic mass is 16.5. The lowest BCUT2D eigenvalue weighted by molar-refractivity contribution is -0.122. The molecule has 0 N–H and O–H groups in total. The summed E-state index contributed by atoms with van der Waals surface area (Å²) >= 11 is 0. The molecule has 1 aliphatic carbocycles. The van der Waals surface area contributed by atoms with E-state index in [9.17, 15) is 14.4 Å². The first-order valence-electron chi connectivity index (χ1n) is 8.47. The van der Waals surface area contributed by atoms with Gasteiger partial charge in [0.1, 0.15) is 0 Å². The predicted molar refractivity (Wildman–Crippen MR) is 92.5 cm³/mol. The smallest absolute Gasteiger partial charge is 0.379 e. The molecule has 2 aromatic rings. The molecule has 26 heavy (non-hydrogen) atoms. The molecular formula is C20H17NO5. The van der Waals surface area contributed by atoms with Crippen LogP contribution in [0.25, 0.3) is 0 Å². The molecule has 1 aromatic carbocycles. The van der Waals surface area contributed by atoms with Crippen molar-refractivity contribution in [3.05, 3.63) is 60.6 Å². The Labute approximate surface area is 150 Å². The highest BCUT2D eigenvalue weighted by molar-refractivity contribution is 6.23. The van der Waals surface area contributed by atoms with Crippen LogP contribution in [-0.2, 0) is 9.59 Å². The molecule has 1 saturated heterocycles. The van der Waals surface area contributed by atoms with Gasteiger partial charge in [-0.3, -0.25) is 9.59 Å². The number of anilines is 1. The van der Waals surface area contributed by atoms with E-state index < -0.39 is 5.97 Å². The Balaban J connectivity index is 1.67. The molecule has 6 nitrogen and oxygen atoms in total. The van der Waals surface area contributed by atoms with Crippen LogP contribution in [0.3, 0.4) is 0 Å². The number of para-hydroxylation sites is 2. The second-order valence-corrected chi connectivity index (χ2v) is 6.50. The molecule has 0 radical (unpaired) electrons. The standard InChI is InChI=1S/C20H17NO5/c1-12-6-4-7-13-17(12)19(23)21(18(13)22)14-8-2-3-9-15(14)26-20(24)16-10-5-11-25-16/h2-6,8-13,17H,7H2,1H3/t12-,13+,17-/m1/s1. The number of rotatable bonds is 3. The number of ether oxygens (including phenoxy) is 1. The molecule has 0 unspecified atom stereocenters. The maximum absolute atomic E-state index is 12.9. The molecule has 0 saturated carbocycles. The van der Waals surface area contributed by atoms with Crippen molar-refractivity contribution in [1.82, 2.24) is 0 Å². The minimum Gasteiger partial charge on any atom is -0.457 e. The van der Waals surface area contributed by atoms with Gasteiger partial charge in [0.05, 0.1) is 23.8 Å². The van der Waals surface area contributed by atoms with E-state index in [1.165, 1.54) is 12.3 Å². The van der Waals surface area contributed by atoms with Crippen LogP contribution in [-0.4, -0.2) is 17.8 Å². The first-order valence-corrected chi connectivity index (χ1v) is 8.47. The topological polar surface area (TPSA) is 76.8 Å². The Kier molecular flexibility index (Phi) is 3.95. The molecular weight excluding hydrogens is 334 g/mol. The molecule has 2 amide bonds. The van der Waals surface area contributed by atoms with Crippen molar-refractivity contribution in [3.63, 3.8) is 0 Å². The highest BCUT2D eigenvalue weighted by Crippen LogP contribution is 2.42. The SMILES string of the molecule is C[C@@H]1C=CC[C@@H]2C(=O)N(c3ccccc3OC(=O)c3ccco3)C(=O)[C@H]12. The molecule has 4 rings (SSSR count). The molecule has 0 bridgehead atoms. The third-order valence-electron chi connectivity index (χ3n) is 4.90. The lowest BCUT2D eigenvalue weighted by Gasteiger charge is -2.22. The van der Waals surface area contributed by atoms with Crippen LogP contribution in [0, 0.1) is 17.8 Å². The van der Waals surface area contributed by atoms with E-state index in [4.69, 9.17) is 9.15 Å². The predicted octanol–water partition coefficient (Wildman–Crippen LogP) is 3.20. The number of fused-ring (bicyclic) bond motifs is 1. The number of carbonyl (C=O) groups excluding carboxylic acids is 3. The highest BCUT2D eigenvalue weighted by Gasteiger charge is 2.51. The van der Waals surface area contributed by atoms with E-state index in [2.05, 4.69) is 0 Å². The van der Waals surface area contributed by atoms with Gasteiger partial charge >= 0.3 is 5.97 Å². The van der Waals surface area contributed by atoms with Crippen LogP contribution in [0.4, 0.5) is 5.69 Å². The molecule has 2 heterocycles. The number of esters is 1. The first kappa shape index (κ1) is 16.3. The maximum atomic E-state index is 12.9. The van der Waals surface area contributed by atoms with Crippen molar-refractivity contribution < 1.29 is 23.5 Å². The Bertz CT molecular complexity index is 899. The number of hydrogen-bond acceptors (Lipinski definition) is 5. The van der Waals surface area contributed by atoms with Gasteiger partial charge in [-0.2, -0.15) is 0 Å². The lowest BCUT2D eigenvalue weighted by atomic mass is 9.78. The minimum atomic E-state index is -0.686. The average Bonchev–Trinajstić information content (AvgIpc) is 3.25. The normalized spacial score (nSPS) is 24.7. The number of furan rings is 1.